The number of aryl methyl sites for hydroxylation is 2. The summed E-state index contributed by atoms with van der Waals surface area (Å²) in [5.41, 5.74) is 3.30. The number of carbonyl (C=O) groups excluding carboxylic acids is 1. The van der Waals surface area contributed by atoms with E-state index in [0.717, 1.165) is 21.0 Å². The van der Waals surface area contributed by atoms with Crippen molar-refractivity contribution in [1.29, 1.82) is 0 Å². The van der Waals surface area contributed by atoms with E-state index in [4.69, 9.17) is 9.47 Å². The molecule has 0 saturated carbocycles. The zero-order chi connectivity index (χ0) is 25.6. The Morgan fingerprint density at radius 1 is 0.914 bits per heavy atom. The van der Waals surface area contributed by atoms with Gasteiger partial charge in [0, 0.05) is 12.6 Å². The van der Waals surface area contributed by atoms with Gasteiger partial charge in [-0.25, -0.2) is 8.42 Å². The van der Waals surface area contributed by atoms with Gasteiger partial charge in [0.25, 0.3) is 10.0 Å². The average Bonchev–Trinajstić information content (AvgIpc) is 2.85. The number of sulfonamides is 1. The van der Waals surface area contributed by atoms with Crippen molar-refractivity contribution in [3.05, 3.63) is 83.4 Å². The van der Waals surface area contributed by atoms with Crippen LogP contribution in [-0.4, -0.2) is 41.6 Å². The van der Waals surface area contributed by atoms with Crippen LogP contribution in [0.5, 0.6) is 11.5 Å². The minimum atomic E-state index is -4.09. The van der Waals surface area contributed by atoms with Gasteiger partial charge in [-0.05, 0) is 60.7 Å². The molecule has 0 fully saturated rings. The lowest BCUT2D eigenvalue weighted by Gasteiger charge is -2.25. The molecule has 186 valence electrons. The van der Waals surface area contributed by atoms with E-state index in [2.05, 4.69) is 5.32 Å². The Balaban J connectivity index is 1.91. The van der Waals surface area contributed by atoms with E-state index in [0.29, 0.717) is 18.0 Å². The molecule has 3 rings (SSSR count). The Labute approximate surface area is 207 Å². The Morgan fingerprint density at radius 2 is 1.54 bits per heavy atom. The fourth-order valence-corrected chi connectivity index (χ4v) is 5.29. The number of hydrogen-bond acceptors (Lipinski definition) is 5. The van der Waals surface area contributed by atoms with Crippen molar-refractivity contribution in [3.8, 4) is 11.5 Å². The average molecular weight is 497 g/mol. The van der Waals surface area contributed by atoms with Crippen molar-refractivity contribution in [2.75, 3.05) is 31.6 Å². The van der Waals surface area contributed by atoms with E-state index in [1.165, 1.54) is 32.4 Å². The molecule has 0 aliphatic rings. The van der Waals surface area contributed by atoms with Crippen molar-refractivity contribution >= 4 is 21.6 Å². The van der Waals surface area contributed by atoms with Crippen LogP contribution in [0.15, 0.2) is 71.6 Å². The lowest BCUT2D eigenvalue weighted by molar-refractivity contribution is -0.119. The number of carbonyl (C=O) groups is 1. The highest BCUT2D eigenvalue weighted by Crippen LogP contribution is 2.32. The van der Waals surface area contributed by atoms with Gasteiger partial charge < -0.3 is 14.8 Å². The lowest BCUT2D eigenvalue weighted by atomic mass is 10.0. The zero-order valence-electron chi connectivity index (χ0n) is 20.7. The van der Waals surface area contributed by atoms with Crippen molar-refractivity contribution in [1.82, 2.24) is 5.32 Å². The van der Waals surface area contributed by atoms with Gasteiger partial charge in [0.2, 0.25) is 5.91 Å². The number of hydrogen-bond donors (Lipinski definition) is 1. The van der Waals surface area contributed by atoms with E-state index in [1.54, 1.807) is 12.1 Å². The maximum atomic E-state index is 13.8. The van der Waals surface area contributed by atoms with Crippen LogP contribution in [0.4, 0.5) is 5.69 Å². The van der Waals surface area contributed by atoms with Crippen molar-refractivity contribution < 1.29 is 22.7 Å². The third-order valence-corrected chi connectivity index (χ3v) is 7.47. The van der Waals surface area contributed by atoms with E-state index >= 15 is 0 Å². The number of amides is 1. The highest BCUT2D eigenvalue weighted by atomic mass is 32.2. The maximum Gasteiger partial charge on any atom is 0.264 e. The molecule has 0 aromatic heterocycles. The minimum Gasteiger partial charge on any atom is -0.493 e. The number of ether oxygens (including phenoxy) is 2. The lowest BCUT2D eigenvalue weighted by Crippen LogP contribution is -2.41. The van der Waals surface area contributed by atoms with E-state index in [9.17, 15) is 13.2 Å². The summed E-state index contributed by atoms with van der Waals surface area (Å²) < 4.78 is 39.2. The molecule has 7 nitrogen and oxygen atoms in total. The third kappa shape index (κ3) is 6.33. The first-order valence-electron chi connectivity index (χ1n) is 11.3. The van der Waals surface area contributed by atoms with Crippen LogP contribution in [0.25, 0.3) is 0 Å². The minimum absolute atomic E-state index is 0.000220. The first-order valence-corrected chi connectivity index (χ1v) is 12.7. The Kier molecular flexibility index (Phi) is 8.40. The number of anilines is 1. The second-order valence-electron chi connectivity index (χ2n) is 8.49. The molecule has 1 unspecified atom stereocenters. The fourth-order valence-electron chi connectivity index (χ4n) is 3.87. The van der Waals surface area contributed by atoms with Crippen molar-refractivity contribution in [3.63, 3.8) is 0 Å². The summed E-state index contributed by atoms with van der Waals surface area (Å²) in [5.74, 6) is 0.389. The van der Waals surface area contributed by atoms with Crippen LogP contribution in [0.2, 0.25) is 0 Å². The molecule has 0 bridgehead atoms. The summed E-state index contributed by atoms with van der Waals surface area (Å²) in [6, 6.07) is 19.7. The zero-order valence-corrected chi connectivity index (χ0v) is 21.6. The number of nitrogens with zero attached hydrogens (tertiary/aromatic N) is 1. The molecular formula is C27H32N2O5S. The summed E-state index contributed by atoms with van der Waals surface area (Å²) in [6.07, 6.45) is 0. The normalized spacial score (nSPS) is 12.0. The molecule has 1 N–H and O–H groups in total. The largest absolute Gasteiger partial charge is 0.493 e. The topological polar surface area (TPSA) is 84.9 Å². The highest BCUT2D eigenvalue weighted by Gasteiger charge is 2.29. The number of rotatable bonds is 10. The SMILES string of the molecule is COc1ccc(S(=O)(=O)N(CC(=O)NCC(C)c2ccccc2)c2cc(C)cc(C)c2)cc1OC. The van der Waals surface area contributed by atoms with Gasteiger partial charge in [0.15, 0.2) is 11.5 Å². The summed E-state index contributed by atoms with van der Waals surface area (Å²) in [5, 5.41) is 2.88. The van der Waals surface area contributed by atoms with Gasteiger partial charge in [0.1, 0.15) is 6.54 Å². The Morgan fingerprint density at radius 3 is 2.14 bits per heavy atom. The smallest absolute Gasteiger partial charge is 0.264 e. The predicted molar refractivity (Wildman–Crippen MR) is 138 cm³/mol. The second-order valence-corrected chi connectivity index (χ2v) is 10.4. The van der Waals surface area contributed by atoms with Gasteiger partial charge in [0.05, 0.1) is 24.8 Å². The summed E-state index contributed by atoms with van der Waals surface area (Å²) in [4.78, 5) is 13.0. The summed E-state index contributed by atoms with van der Waals surface area (Å²) in [7, 11) is -1.17. The molecule has 0 aliphatic carbocycles. The molecule has 3 aromatic rings. The number of nitrogens with one attached hydrogen (secondary N) is 1. The fraction of sp³-hybridized carbons (Fsp3) is 0.296. The first kappa shape index (κ1) is 26.1. The second kappa shape index (κ2) is 11.3. The highest BCUT2D eigenvalue weighted by molar-refractivity contribution is 7.92. The number of methoxy groups -OCH3 is 2. The van der Waals surface area contributed by atoms with Gasteiger partial charge in [-0.2, -0.15) is 0 Å². The first-order chi connectivity index (χ1) is 16.6. The molecule has 0 saturated heterocycles. The molecule has 1 amide bonds. The molecule has 0 heterocycles. The number of benzene rings is 3. The van der Waals surface area contributed by atoms with Crippen LogP contribution in [0.3, 0.4) is 0 Å². The van der Waals surface area contributed by atoms with Crippen molar-refractivity contribution in [2.45, 2.75) is 31.6 Å². The standard InChI is InChI=1S/C27H32N2O5S/c1-19-13-20(2)15-23(14-19)29(18-27(30)28-17-21(3)22-9-7-6-8-10-22)35(31,32)24-11-12-25(33-4)26(16-24)34-5/h6-16,21H,17-18H2,1-5H3,(H,28,30). The third-order valence-electron chi connectivity index (χ3n) is 5.70. The summed E-state index contributed by atoms with van der Waals surface area (Å²) in [6.45, 7) is 5.82. The van der Waals surface area contributed by atoms with Crippen LogP contribution in [0, 0.1) is 13.8 Å². The van der Waals surface area contributed by atoms with Gasteiger partial charge in [-0.3, -0.25) is 9.10 Å². The molecule has 1 atom stereocenters. The van der Waals surface area contributed by atoms with E-state index < -0.39 is 15.9 Å². The molecular weight excluding hydrogens is 464 g/mol. The van der Waals surface area contributed by atoms with Crippen LogP contribution >= 0.6 is 0 Å². The summed E-state index contributed by atoms with van der Waals surface area (Å²) >= 11 is 0. The molecule has 0 aliphatic heterocycles. The Bertz CT molecular complexity index is 1260. The van der Waals surface area contributed by atoms with E-state index in [1.807, 2.05) is 57.2 Å². The maximum absolute atomic E-state index is 13.8. The molecule has 0 spiro atoms. The van der Waals surface area contributed by atoms with E-state index in [-0.39, 0.29) is 23.1 Å². The molecule has 35 heavy (non-hydrogen) atoms. The molecule has 0 radical (unpaired) electrons. The molecule has 8 heteroatoms. The predicted octanol–water partition coefficient (Wildman–Crippen LogP) is 4.44. The van der Waals surface area contributed by atoms with Gasteiger partial charge >= 0.3 is 0 Å². The van der Waals surface area contributed by atoms with Gasteiger partial charge in [-0.15, -0.1) is 0 Å². The quantitative estimate of drug-likeness (QED) is 0.449. The van der Waals surface area contributed by atoms with Gasteiger partial charge in [-0.1, -0.05) is 43.3 Å². The Hall–Kier alpha value is -3.52. The van der Waals surface area contributed by atoms with Crippen LogP contribution in [0.1, 0.15) is 29.5 Å². The molecule has 3 aromatic carbocycles. The van der Waals surface area contributed by atoms with Crippen LogP contribution < -0.4 is 19.1 Å². The monoisotopic (exact) mass is 496 g/mol. The van der Waals surface area contributed by atoms with Crippen LogP contribution in [-0.2, 0) is 14.8 Å². The van der Waals surface area contributed by atoms with Crippen molar-refractivity contribution in [2.24, 2.45) is 0 Å².